The Labute approximate surface area is 175 Å². The van der Waals surface area contributed by atoms with E-state index < -0.39 is 0 Å². The van der Waals surface area contributed by atoms with Crippen molar-refractivity contribution < 1.29 is 4.79 Å². The Morgan fingerprint density at radius 2 is 1.87 bits per heavy atom. The van der Waals surface area contributed by atoms with Gasteiger partial charge in [-0.15, -0.1) is 0 Å². The Kier molecular flexibility index (Phi) is 3.92. The van der Waals surface area contributed by atoms with Gasteiger partial charge >= 0.3 is 0 Å². The lowest BCUT2D eigenvalue weighted by molar-refractivity contribution is -0.00721. The minimum atomic E-state index is -0.268. The molecule has 0 unspecified atom stereocenters. The van der Waals surface area contributed by atoms with E-state index in [0.717, 1.165) is 45.6 Å². The molecule has 1 amide bonds. The fourth-order valence-electron chi connectivity index (χ4n) is 6.83. The maximum absolute atomic E-state index is 12.6. The number of amides is 1. The van der Waals surface area contributed by atoms with Crippen LogP contribution in [-0.4, -0.2) is 27.3 Å². The van der Waals surface area contributed by atoms with Crippen LogP contribution in [0.2, 0.25) is 0 Å². The van der Waals surface area contributed by atoms with Crippen LogP contribution in [-0.2, 0) is 5.41 Å². The van der Waals surface area contributed by atoms with E-state index in [0.29, 0.717) is 5.69 Å². The Morgan fingerprint density at radius 3 is 2.60 bits per heavy atom. The summed E-state index contributed by atoms with van der Waals surface area (Å²) in [5, 5.41) is 12.9. The van der Waals surface area contributed by atoms with Crippen LogP contribution < -0.4 is 5.43 Å². The van der Waals surface area contributed by atoms with Gasteiger partial charge in [0.05, 0.1) is 6.21 Å². The smallest absolute Gasteiger partial charge is 0.291 e. The molecule has 0 atom stereocenters. The summed E-state index contributed by atoms with van der Waals surface area (Å²) in [5.74, 6) is 2.32. The Hall–Kier alpha value is -2.89. The predicted octanol–water partition coefficient (Wildman–Crippen LogP) is 4.43. The van der Waals surface area contributed by atoms with Crippen LogP contribution in [0.4, 0.5) is 0 Å². The van der Waals surface area contributed by atoms with E-state index >= 15 is 0 Å². The van der Waals surface area contributed by atoms with Crippen molar-refractivity contribution in [2.75, 3.05) is 0 Å². The molecule has 2 heterocycles. The van der Waals surface area contributed by atoms with Crippen molar-refractivity contribution in [1.82, 2.24) is 20.6 Å². The Morgan fingerprint density at radius 1 is 1.17 bits per heavy atom. The zero-order chi connectivity index (χ0) is 20.3. The monoisotopic (exact) mass is 401 g/mol. The van der Waals surface area contributed by atoms with Crippen LogP contribution >= 0.6 is 0 Å². The van der Waals surface area contributed by atoms with Gasteiger partial charge in [0.15, 0.2) is 5.69 Å². The molecule has 4 aliphatic carbocycles. The normalized spacial score (nSPS) is 29.8. The number of hydrogen-bond donors (Lipinski definition) is 3. The summed E-state index contributed by atoms with van der Waals surface area (Å²) < 4.78 is 0. The average Bonchev–Trinajstić information content (AvgIpc) is 3.33. The second kappa shape index (κ2) is 6.56. The van der Waals surface area contributed by atoms with Crippen LogP contribution in [0.25, 0.3) is 10.9 Å². The van der Waals surface area contributed by atoms with E-state index in [4.69, 9.17) is 0 Å². The standard InChI is InChI=1S/C24H27N5O/c1-14-19(18-4-2-3-5-20(18)26-14)13-25-29-23(30)21-9-22(28-27-21)24-10-15-6-16(11-24)8-17(7-15)12-24/h2-5,9,13,15-17,26H,6-8,10-12H2,1H3,(H,27,28)(H,29,30)/b25-13+. The minimum Gasteiger partial charge on any atom is -0.358 e. The fourth-order valence-corrected chi connectivity index (χ4v) is 6.83. The van der Waals surface area contributed by atoms with E-state index in [2.05, 4.69) is 25.7 Å². The SMILES string of the molecule is Cc1[nH]c2ccccc2c1/C=N/NC(=O)c1cc(C23CC4CC(CC(C4)C2)C3)[nH]n1. The van der Waals surface area contributed by atoms with Gasteiger partial charge in [0.1, 0.15) is 0 Å². The molecule has 7 rings (SSSR count). The molecule has 3 N–H and O–H groups in total. The molecule has 4 bridgehead atoms. The number of rotatable bonds is 4. The number of hydrogen-bond acceptors (Lipinski definition) is 3. The molecule has 1 aromatic carbocycles. The van der Waals surface area contributed by atoms with Gasteiger partial charge in [-0.25, -0.2) is 5.43 Å². The molecule has 30 heavy (non-hydrogen) atoms. The Balaban J connectivity index is 1.19. The second-order valence-electron chi connectivity index (χ2n) is 9.77. The van der Waals surface area contributed by atoms with Crippen molar-refractivity contribution in [2.45, 2.75) is 50.9 Å². The van der Waals surface area contributed by atoms with Gasteiger partial charge in [0, 0.05) is 33.3 Å². The lowest BCUT2D eigenvalue weighted by Gasteiger charge is -2.56. The number of benzene rings is 1. The van der Waals surface area contributed by atoms with E-state index in [-0.39, 0.29) is 11.3 Å². The van der Waals surface area contributed by atoms with Crippen molar-refractivity contribution in [3.63, 3.8) is 0 Å². The highest BCUT2D eigenvalue weighted by molar-refractivity contribution is 6.01. The average molecular weight is 402 g/mol. The number of aromatic nitrogens is 3. The molecular weight excluding hydrogens is 374 g/mol. The molecule has 6 heteroatoms. The maximum atomic E-state index is 12.6. The minimum absolute atomic E-state index is 0.213. The summed E-state index contributed by atoms with van der Waals surface area (Å²) >= 11 is 0. The number of aromatic amines is 2. The van der Waals surface area contributed by atoms with Crippen LogP contribution in [0.1, 0.15) is 66.0 Å². The van der Waals surface area contributed by atoms with Crippen molar-refractivity contribution in [2.24, 2.45) is 22.9 Å². The zero-order valence-electron chi connectivity index (χ0n) is 17.2. The highest BCUT2D eigenvalue weighted by Gasteiger charge is 2.52. The molecule has 2 aromatic heterocycles. The molecule has 154 valence electrons. The molecule has 6 nitrogen and oxygen atoms in total. The number of H-pyrrole nitrogens is 2. The molecule has 4 saturated carbocycles. The number of nitrogens with zero attached hydrogens (tertiary/aromatic N) is 2. The molecule has 0 spiro atoms. The lowest BCUT2D eigenvalue weighted by Crippen LogP contribution is -2.48. The molecule has 3 aromatic rings. The first kappa shape index (κ1) is 17.9. The first-order valence-corrected chi connectivity index (χ1v) is 11.1. The molecular formula is C24H27N5O. The molecule has 4 fully saturated rings. The fraction of sp³-hybridized carbons (Fsp3) is 0.458. The first-order valence-electron chi connectivity index (χ1n) is 11.1. The highest BCUT2D eigenvalue weighted by Crippen LogP contribution is 2.60. The van der Waals surface area contributed by atoms with Crippen LogP contribution in [0, 0.1) is 24.7 Å². The van der Waals surface area contributed by atoms with Gasteiger partial charge in [-0.05, 0) is 75.3 Å². The summed E-state index contributed by atoms with van der Waals surface area (Å²) in [6.07, 6.45) is 9.67. The van der Waals surface area contributed by atoms with Crippen molar-refractivity contribution >= 4 is 23.0 Å². The zero-order valence-corrected chi connectivity index (χ0v) is 17.2. The van der Waals surface area contributed by atoms with Gasteiger partial charge in [-0.3, -0.25) is 9.89 Å². The Bertz CT molecular complexity index is 1120. The largest absolute Gasteiger partial charge is 0.358 e. The van der Waals surface area contributed by atoms with Crippen molar-refractivity contribution in [3.05, 3.63) is 53.0 Å². The summed E-state index contributed by atoms with van der Waals surface area (Å²) in [7, 11) is 0. The topological polar surface area (TPSA) is 85.9 Å². The molecule has 0 saturated heterocycles. The predicted molar refractivity (Wildman–Crippen MR) is 117 cm³/mol. The molecule has 0 aliphatic heterocycles. The maximum Gasteiger partial charge on any atom is 0.291 e. The number of nitrogens with one attached hydrogen (secondary N) is 3. The van der Waals surface area contributed by atoms with Crippen molar-refractivity contribution in [3.8, 4) is 0 Å². The first-order chi connectivity index (χ1) is 14.6. The number of fused-ring (bicyclic) bond motifs is 1. The third-order valence-corrected chi connectivity index (χ3v) is 7.72. The number of aryl methyl sites for hydroxylation is 1. The highest BCUT2D eigenvalue weighted by atomic mass is 16.2. The summed E-state index contributed by atoms with van der Waals surface area (Å²) in [5.41, 5.74) is 7.52. The second-order valence-corrected chi connectivity index (χ2v) is 9.77. The van der Waals surface area contributed by atoms with E-state index in [9.17, 15) is 4.79 Å². The summed E-state index contributed by atoms with van der Waals surface area (Å²) in [4.78, 5) is 16.0. The lowest BCUT2D eigenvalue weighted by atomic mass is 9.49. The van der Waals surface area contributed by atoms with E-state index in [1.807, 2.05) is 37.3 Å². The van der Waals surface area contributed by atoms with Gasteiger partial charge in [-0.2, -0.15) is 10.2 Å². The number of carbonyl (C=O) groups excluding carboxylic acids is 1. The quantitative estimate of drug-likeness (QED) is 0.446. The van der Waals surface area contributed by atoms with Gasteiger partial charge < -0.3 is 4.98 Å². The van der Waals surface area contributed by atoms with Crippen LogP contribution in [0.3, 0.4) is 0 Å². The summed E-state index contributed by atoms with van der Waals surface area (Å²) in [6.45, 7) is 2.01. The van der Waals surface area contributed by atoms with Crippen LogP contribution in [0.15, 0.2) is 35.4 Å². The van der Waals surface area contributed by atoms with E-state index in [1.165, 1.54) is 38.5 Å². The third kappa shape index (κ3) is 2.81. The third-order valence-electron chi connectivity index (χ3n) is 7.72. The number of para-hydroxylation sites is 1. The van der Waals surface area contributed by atoms with Gasteiger partial charge in [-0.1, -0.05) is 18.2 Å². The van der Waals surface area contributed by atoms with Gasteiger partial charge in [0.25, 0.3) is 5.91 Å². The number of hydrazone groups is 1. The van der Waals surface area contributed by atoms with Gasteiger partial charge in [0.2, 0.25) is 0 Å². The van der Waals surface area contributed by atoms with Crippen molar-refractivity contribution in [1.29, 1.82) is 0 Å². The number of carbonyl (C=O) groups is 1. The molecule has 0 radical (unpaired) electrons. The van der Waals surface area contributed by atoms with E-state index in [1.54, 1.807) is 6.21 Å². The van der Waals surface area contributed by atoms with Crippen LogP contribution in [0.5, 0.6) is 0 Å². The summed E-state index contributed by atoms with van der Waals surface area (Å²) in [6, 6.07) is 10.1. The molecule has 4 aliphatic rings.